The Labute approximate surface area is 170 Å². The van der Waals surface area contributed by atoms with Crippen molar-refractivity contribution in [3.63, 3.8) is 0 Å². The first kappa shape index (κ1) is 21.3. The molecule has 1 aliphatic rings. The van der Waals surface area contributed by atoms with Crippen molar-refractivity contribution in [1.29, 1.82) is 0 Å². The SMILES string of the molecule is COCCOc1ccc(C(=O)N2CCC(S(=O)(=O)c3ccc(F)cc3)CC2)cc1. The van der Waals surface area contributed by atoms with Crippen LogP contribution < -0.4 is 4.74 Å². The van der Waals surface area contributed by atoms with Crippen molar-refractivity contribution in [3.8, 4) is 5.75 Å². The van der Waals surface area contributed by atoms with Gasteiger partial charge in [-0.05, 0) is 61.4 Å². The van der Waals surface area contributed by atoms with Crippen LogP contribution >= 0.6 is 0 Å². The minimum atomic E-state index is -3.54. The fourth-order valence-corrected chi connectivity index (χ4v) is 5.04. The Hall–Kier alpha value is -2.45. The van der Waals surface area contributed by atoms with E-state index >= 15 is 0 Å². The van der Waals surface area contributed by atoms with Crippen molar-refractivity contribution in [3.05, 3.63) is 59.9 Å². The van der Waals surface area contributed by atoms with Gasteiger partial charge < -0.3 is 14.4 Å². The van der Waals surface area contributed by atoms with Crippen LogP contribution in [0.5, 0.6) is 5.75 Å². The van der Waals surface area contributed by atoms with E-state index in [1.807, 2.05) is 0 Å². The maximum absolute atomic E-state index is 13.1. The van der Waals surface area contributed by atoms with Gasteiger partial charge in [-0.1, -0.05) is 0 Å². The summed E-state index contributed by atoms with van der Waals surface area (Å²) in [5.74, 6) is 0.0493. The molecule has 1 aliphatic heterocycles. The number of halogens is 1. The third-order valence-electron chi connectivity index (χ3n) is 4.97. The molecule has 1 saturated heterocycles. The first-order valence-electron chi connectivity index (χ1n) is 9.42. The second-order valence-electron chi connectivity index (χ2n) is 6.86. The Kier molecular flexibility index (Phi) is 6.87. The molecule has 1 amide bonds. The Morgan fingerprint density at radius 2 is 1.66 bits per heavy atom. The lowest BCUT2D eigenvalue weighted by Gasteiger charge is -2.31. The van der Waals surface area contributed by atoms with Crippen molar-refractivity contribution in [2.45, 2.75) is 23.0 Å². The minimum absolute atomic E-state index is 0.118. The standard InChI is InChI=1S/C21H24FNO5S/c1-27-14-15-28-18-6-2-16(3-7-18)21(24)23-12-10-20(11-13-23)29(25,26)19-8-4-17(22)5-9-19/h2-9,20H,10-15H2,1H3. The summed E-state index contributed by atoms with van der Waals surface area (Å²) in [6.07, 6.45) is 0.702. The van der Waals surface area contributed by atoms with Crippen LogP contribution in [0.3, 0.4) is 0 Å². The lowest BCUT2D eigenvalue weighted by molar-refractivity contribution is 0.0725. The number of hydrogen-bond donors (Lipinski definition) is 0. The van der Waals surface area contributed by atoms with Crippen molar-refractivity contribution in [1.82, 2.24) is 4.90 Å². The Morgan fingerprint density at radius 3 is 2.24 bits per heavy atom. The van der Waals surface area contributed by atoms with Crippen molar-refractivity contribution in [2.24, 2.45) is 0 Å². The highest BCUT2D eigenvalue weighted by Crippen LogP contribution is 2.26. The van der Waals surface area contributed by atoms with Gasteiger partial charge in [-0.25, -0.2) is 12.8 Å². The van der Waals surface area contributed by atoms with Crippen LogP contribution in [0.25, 0.3) is 0 Å². The summed E-state index contributed by atoms with van der Waals surface area (Å²) in [5, 5.41) is -0.575. The lowest BCUT2D eigenvalue weighted by Crippen LogP contribution is -2.42. The van der Waals surface area contributed by atoms with Gasteiger partial charge in [-0.2, -0.15) is 0 Å². The third-order valence-corrected chi connectivity index (χ3v) is 7.25. The number of methoxy groups -OCH3 is 1. The zero-order chi connectivity index (χ0) is 20.9. The van der Waals surface area contributed by atoms with E-state index in [1.54, 1.807) is 36.3 Å². The molecule has 0 unspecified atom stereocenters. The highest BCUT2D eigenvalue weighted by molar-refractivity contribution is 7.92. The predicted octanol–water partition coefficient (Wildman–Crippen LogP) is 2.93. The summed E-state index contributed by atoms with van der Waals surface area (Å²) in [5.41, 5.74) is 0.531. The molecule has 0 aliphatic carbocycles. The second kappa shape index (κ2) is 9.37. The topological polar surface area (TPSA) is 72.9 Å². The van der Waals surface area contributed by atoms with E-state index in [0.29, 0.717) is 50.5 Å². The predicted molar refractivity (Wildman–Crippen MR) is 106 cm³/mol. The van der Waals surface area contributed by atoms with Crippen molar-refractivity contribution < 1.29 is 27.1 Å². The molecule has 1 fully saturated rings. The number of sulfone groups is 1. The normalized spacial score (nSPS) is 15.3. The van der Waals surface area contributed by atoms with E-state index in [4.69, 9.17) is 9.47 Å². The summed E-state index contributed by atoms with van der Waals surface area (Å²) in [6.45, 7) is 1.63. The molecule has 29 heavy (non-hydrogen) atoms. The third kappa shape index (κ3) is 5.13. The summed E-state index contributed by atoms with van der Waals surface area (Å²) in [7, 11) is -1.94. The van der Waals surface area contributed by atoms with Crippen LogP contribution in [0.15, 0.2) is 53.4 Å². The average Bonchev–Trinajstić information content (AvgIpc) is 2.74. The molecule has 0 saturated carbocycles. The molecule has 6 nitrogen and oxygen atoms in total. The highest BCUT2D eigenvalue weighted by Gasteiger charge is 2.33. The van der Waals surface area contributed by atoms with E-state index < -0.39 is 20.9 Å². The summed E-state index contributed by atoms with van der Waals surface area (Å²) in [4.78, 5) is 14.5. The zero-order valence-electron chi connectivity index (χ0n) is 16.2. The minimum Gasteiger partial charge on any atom is -0.491 e. The fraction of sp³-hybridized carbons (Fsp3) is 0.381. The van der Waals surface area contributed by atoms with E-state index in [0.717, 1.165) is 12.1 Å². The number of hydrogen-bond acceptors (Lipinski definition) is 5. The first-order chi connectivity index (χ1) is 13.9. The van der Waals surface area contributed by atoms with Gasteiger partial charge in [0.05, 0.1) is 16.8 Å². The number of rotatable bonds is 7. The maximum atomic E-state index is 13.1. The molecule has 2 aromatic carbocycles. The van der Waals surface area contributed by atoms with Crippen LogP contribution in [-0.4, -0.2) is 57.9 Å². The highest BCUT2D eigenvalue weighted by atomic mass is 32.2. The van der Waals surface area contributed by atoms with Crippen LogP contribution in [0, 0.1) is 5.82 Å². The van der Waals surface area contributed by atoms with Gasteiger partial charge in [-0.15, -0.1) is 0 Å². The number of carbonyl (C=O) groups is 1. The maximum Gasteiger partial charge on any atom is 0.253 e. The number of ether oxygens (including phenoxy) is 2. The monoisotopic (exact) mass is 421 g/mol. The van der Waals surface area contributed by atoms with E-state index in [2.05, 4.69) is 0 Å². The second-order valence-corrected chi connectivity index (χ2v) is 9.08. The molecule has 0 aromatic heterocycles. The Morgan fingerprint density at radius 1 is 1.03 bits per heavy atom. The number of likely N-dealkylation sites (tertiary alicyclic amines) is 1. The smallest absolute Gasteiger partial charge is 0.253 e. The molecule has 0 N–H and O–H groups in total. The van der Waals surface area contributed by atoms with Gasteiger partial charge in [0, 0.05) is 25.8 Å². The van der Waals surface area contributed by atoms with Crippen LogP contribution in [0.4, 0.5) is 4.39 Å². The van der Waals surface area contributed by atoms with Crippen LogP contribution in [-0.2, 0) is 14.6 Å². The molecule has 2 aromatic rings. The molecule has 156 valence electrons. The number of amides is 1. The van der Waals surface area contributed by atoms with Gasteiger partial charge in [0.25, 0.3) is 5.91 Å². The molecular weight excluding hydrogens is 397 g/mol. The summed E-state index contributed by atoms with van der Waals surface area (Å²) < 4.78 is 49.0. The Balaban J connectivity index is 1.58. The number of benzene rings is 2. The average molecular weight is 421 g/mol. The van der Waals surface area contributed by atoms with Gasteiger partial charge in [-0.3, -0.25) is 4.79 Å². The van der Waals surface area contributed by atoms with Gasteiger partial charge in [0.2, 0.25) is 0 Å². The van der Waals surface area contributed by atoms with Gasteiger partial charge >= 0.3 is 0 Å². The van der Waals surface area contributed by atoms with Gasteiger partial charge in [0.15, 0.2) is 9.84 Å². The lowest BCUT2D eigenvalue weighted by atomic mass is 10.1. The van der Waals surface area contributed by atoms with Crippen molar-refractivity contribution >= 4 is 15.7 Å². The molecule has 1 heterocycles. The fourth-order valence-electron chi connectivity index (χ4n) is 3.31. The van der Waals surface area contributed by atoms with E-state index in [1.165, 1.54) is 12.1 Å². The number of carbonyl (C=O) groups excluding carboxylic acids is 1. The molecular formula is C21H24FNO5S. The molecule has 3 rings (SSSR count). The molecule has 0 bridgehead atoms. The molecule has 8 heteroatoms. The quantitative estimate of drug-likeness (QED) is 0.508. The molecule has 0 spiro atoms. The van der Waals surface area contributed by atoms with E-state index in [-0.39, 0.29) is 10.8 Å². The molecule has 0 radical (unpaired) electrons. The van der Waals surface area contributed by atoms with Crippen LogP contribution in [0.2, 0.25) is 0 Å². The Bertz CT molecular complexity index is 921. The van der Waals surface area contributed by atoms with Crippen molar-refractivity contribution in [2.75, 3.05) is 33.4 Å². The zero-order valence-corrected chi connectivity index (χ0v) is 17.0. The summed E-state index contributed by atoms with van der Waals surface area (Å²) >= 11 is 0. The number of nitrogens with zero attached hydrogens (tertiary/aromatic N) is 1. The van der Waals surface area contributed by atoms with Gasteiger partial charge in [0.1, 0.15) is 18.2 Å². The number of piperidine rings is 1. The molecule has 0 atom stereocenters. The summed E-state index contributed by atoms with van der Waals surface area (Å²) in [6, 6.07) is 11.7. The first-order valence-corrected chi connectivity index (χ1v) is 11.0. The largest absolute Gasteiger partial charge is 0.491 e. The van der Waals surface area contributed by atoms with Crippen LogP contribution in [0.1, 0.15) is 23.2 Å². The van der Waals surface area contributed by atoms with E-state index in [9.17, 15) is 17.6 Å².